The van der Waals surface area contributed by atoms with Gasteiger partial charge < -0.3 is 15.7 Å². The summed E-state index contributed by atoms with van der Waals surface area (Å²) in [4.78, 5) is 10.2. The molecule has 4 nitrogen and oxygen atoms in total. The fraction of sp³-hybridized carbons (Fsp3) is 0. The van der Waals surface area contributed by atoms with Crippen molar-refractivity contribution in [2.24, 2.45) is 0 Å². The molecule has 74 valence electrons. The van der Waals surface area contributed by atoms with Crippen molar-refractivity contribution >= 4 is 16.9 Å². The van der Waals surface area contributed by atoms with Crippen LogP contribution in [0, 0.1) is 0 Å². The molecule has 3 aromatic rings. The van der Waals surface area contributed by atoms with Gasteiger partial charge in [0.1, 0.15) is 0 Å². The van der Waals surface area contributed by atoms with Gasteiger partial charge >= 0.3 is 0 Å². The number of nitrogens with zero attached hydrogens (tertiary/aromatic N) is 1. The van der Waals surface area contributed by atoms with Gasteiger partial charge in [-0.2, -0.15) is 0 Å². The maximum atomic E-state index is 5.56. The Kier molecular flexibility index (Phi) is 1.56. The van der Waals surface area contributed by atoms with Gasteiger partial charge in [0.25, 0.3) is 0 Å². The molecule has 0 fully saturated rings. The molecule has 0 saturated heterocycles. The second kappa shape index (κ2) is 2.88. The normalized spacial score (nSPS) is 10.9. The van der Waals surface area contributed by atoms with E-state index in [9.17, 15) is 0 Å². The van der Waals surface area contributed by atoms with Crippen LogP contribution in [0.25, 0.3) is 22.2 Å². The average molecular weight is 198 g/mol. The fourth-order valence-electron chi connectivity index (χ4n) is 1.78. The summed E-state index contributed by atoms with van der Waals surface area (Å²) in [6, 6.07) is 8.15. The molecule has 2 heterocycles. The summed E-state index contributed by atoms with van der Waals surface area (Å²) in [6.45, 7) is 0. The second-order valence-electron chi connectivity index (χ2n) is 3.43. The lowest BCUT2D eigenvalue weighted by molar-refractivity contribution is 1.33. The van der Waals surface area contributed by atoms with Gasteiger partial charge in [-0.1, -0.05) is 18.2 Å². The third-order valence-corrected chi connectivity index (χ3v) is 2.47. The van der Waals surface area contributed by atoms with Crippen LogP contribution in [0.2, 0.25) is 0 Å². The highest BCUT2D eigenvalue weighted by atomic mass is 15.0. The number of aromatic amines is 2. The number of benzene rings is 1. The lowest BCUT2D eigenvalue weighted by atomic mass is 10.1. The first-order valence-electron chi connectivity index (χ1n) is 4.71. The third kappa shape index (κ3) is 1.19. The van der Waals surface area contributed by atoms with Gasteiger partial charge in [0.05, 0.1) is 17.4 Å². The van der Waals surface area contributed by atoms with Crippen molar-refractivity contribution in [2.75, 3.05) is 5.73 Å². The van der Waals surface area contributed by atoms with E-state index >= 15 is 0 Å². The summed E-state index contributed by atoms with van der Waals surface area (Å²) in [5.74, 6) is 0.438. The van der Waals surface area contributed by atoms with Crippen molar-refractivity contribution in [2.45, 2.75) is 0 Å². The van der Waals surface area contributed by atoms with Crippen LogP contribution in [0.3, 0.4) is 0 Å². The SMILES string of the molecule is Nc1ncc(-c2cccc3cc[nH]c23)[nH]1. The highest BCUT2D eigenvalue weighted by molar-refractivity contribution is 5.93. The van der Waals surface area contributed by atoms with Crippen molar-refractivity contribution in [1.29, 1.82) is 0 Å². The molecule has 0 spiro atoms. The summed E-state index contributed by atoms with van der Waals surface area (Å²) in [7, 11) is 0. The van der Waals surface area contributed by atoms with Gasteiger partial charge in [0.2, 0.25) is 0 Å². The van der Waals surface area contributed by atoms with Crippen LogP contribution in [-0.4, -0.2) is 15.0 Å². The lowest BCUT2D eigenvalue weighted by Crippen LogP contribution is -1.86. The molecule has 2 aromatic heterocycles. The number of imidazole rings is 1. The molecule has 0 amide bonds. The predicted molar refractivity (Wildman–Crippen MR) is 60.3 cm³/mol. The number of aromatic nitrogens is 3. The fourth-order valence-corrected chi connectivity index (χ4v) is 1.78. The maximum absolute atomic E-state index is 5.56. The van der Waals surface area contributed by atoms with Gasteiger partial charge in [0.15, 0.2) is 5.95 Å². The number of nitrogen functional groups attached to an aromatic ring is 1. The highest BCUT2D eigenvalue weighted by Gasteiger charge is 2.06. The largest absolute Gasteiger partial charge is 0.369 e. The Labute approximate surface area is 86.1 Å². The lowest BCUT2D eigenvalue weighted by Gasteiger charge is -1.99. The quantitative estimate of drug-likeness (QED) is 0.560. The second-order valence-corrected chi connectivity index (χ2v) is 3.43. The summed E-state index contributed by atoms with van der Waals surface area (Å²) >= 11 is 0. The Morgan fingerprint density at radius 2 is 2.13 bits per heavy atom. The van der Waals surface area contributed by atoms with Crippen LogP contribution < -0.4 is 5.73 Å². The Bertz CT molecular complexity index is 606. The zero-order valence-electron chi connectivity index (χ0n) is 7.99. The van der Waals surface area contributed by atoms with Crippen LogP contribution in [0.15, 0.2) is 36.7 Å². The van der Waals surface area contributed by atoms with Crippen molar-refractivity contribution in [3.8, 4) is 11.3 Å². The maximum Gasteiger partial charge on any atom is 0.197 e. The Morgan fingerprint density at radius 1 is 1.20 bits per heavy atom. The number of hydrogen-bond acceptors (Lipinski definition) is 2. The van der Waals surface area contributed by atoms with Crippen molar-refractivity contribution < 1.29 is 0 Å². The van der Waals surface area contributed by atoms with Crippen LogP contribution in [-0.2, 0) is 0 Å². The molecule has 4 N–H and O–H groups in total. The monoisotopic (exact) mass is 198 g/mol. The van der Waals surface area contributed by atoms with Crippen LogP contribution >= 0.6 is 0 Å². The van der Waals surface area contributed by atoms with E-state index in [4.69, 9.17) is 5.73 Å². The number of nitrogens with two attached hydrogens (primary N) is 1. The minimum absolute atomic E-state index is 0.438. The molecule has 0 aliphatic heterocycles. The number of H-pyrrole nitrogens is 2. The molecule has 0 bridgehead atoms. The molecule has 0 saturated carbocycles. The first kappa shape index (κ1) is 8.11. The number of anilines is 1. The van der Waals surface area contributed by atoms with E-state index in [1.807, 2.05) is 24.4 Å². The molecule has 0 aliphatic carbocycles. The summed E-state index contributed by atoms with van der Waals surface area (Å²) in [5, 5.41) is 1.18. The molecule has 1 aromatic carbocycles. The standard InChI is InChI=1S/C11H10N4/c12-11-14-6-9(15-11)8-3-1-2-7-4-5-13-10(7)8/h1-6,13H,(H3,12,14,15). The minimum atomic E-state index is 0.438. The van der Waals surface area contributed by atoms with E-state index in [-0.39, 0.29) is 0 Å². The molecule has 0 unspecified atom stereocenters. The number of rotatable bonds is 1. The zero-order valence-corrected chi connectivity index (χ0v) is 7.99. The molecule has 4 heteroatoms. The van der Waals surface area contributed by atoms with Gasteiger partial charge in [-0.25, -0.2) is 4.98 Å². The Balaban J connectivity index is 2.30. The Morgan fingerprint density at radius 3 is 2.93 bits per heavy atom. The molecular formula is C11H10N4. The number of hydrogen-bond donors (Lipinski definition) is 3. The third-order valence-electron chi connectivity index (χ3n) is 2.47. The van der Waals surface area contributed by atoms with Gasteiger partial charge in [-0.15, -0.1) is 0 Å². The predicted octanol–water partition coefficient (Wildman–Crippen LogP) is 2.14. The molecule has 0 aliphatic rings. The van der Waals surface area contributed by atoms with Crippen LogP contribution in [0.5, 0.6) is 0 Å². The molecule has 3 rings (SSSR count). The van der Waals surface area contributed by atoms with E-state index in [1.165, 1.54) is 5.39 Å². The van der Waals surface area contributed by atoms with E-state index in [2.05, 4.69) is 21.0 Å². The number of para-hydroxylation sites is 1. The summed E-state index contributed by atoms with van der Waals surface area (Å²) in [6.07, 6.45) is 3.67. The van der Waals surface area contributed by atoms with Gasteiger partial charge in [-0.3, -0.25) is 0 Å². The average Bonchev–Trinajstić information content (AvgIpc) is 2.84. The van der Waals surface area contributed by atoms with Crippen molar-refractivity contribution in [1.82, 2.24) is 15.0 Å². The zero-order chi connectivity index (χ0) is 10.3. The highest BCUT2D eigenvalue weighted by Crippen LogP contribution is 2.26. The van der Waals surface area contributed by atoms with E-state index in [1.54, 1.807) is 6.20 Å². The molecule has 0 atom stereocenters. The van der Waals surface area contributed by atoms with Gasteiger partial charge in [0, 0.05) is 17.1 Å². The minimum Gasteiger partial charge on any atom is -0.369 e. The Hall–Kier alpha value is -2.23. The van der Waals surface area contributed by atoms with Crippen LogP contribution in [0.4, 0.5) is 5.95 Å². The number of fused-ring (bicyclic) bond motifs is 1. The van der Waals surface area contributed by atoms with E-state index in [0.717, 1.165) is 16.8 Å². The first-order chi connectivity index (χ1) is 7.34. The molecular weight excluding hydrogens is 188 g/mol. The molecule has 15 heavy (non-hydrogen) atoms. The van der Waals surface area contributed by atoms with Crippen LogP contribution in [0.1, 0.15) is 0 Å². The molecule has 0 radical (unpaired) electrons. The first-order valence-corrected chi connectivity index (χ1v) is 4.71. The van der Waals surface area contributed by atoms with Gasteiger partial charge in [-0.05, 0) is 6.07 Å². The smallest absolute Gasteiger partial charge is 0.197 e. The summed E-state index contributed by atoms with van der Waals surface area (Å²) < 4.78 is 0. The topological polar surface area (TPSA) is 70.5 Å². The van der Waals surface area contributed by atoms with E-state index in [0.29, 0.717) is 5.95 Å². The summed E-state index contributed by atoms with van der Waals surface area (Å²) in [5.41, 5.74) is 8.67. The van der Waals surface area contributed by atoms with E-state index < -0.39 is 0 Å². The van der Waals surface area contributed by atoms with Crippen molar-refractivity contribution in [3.63, 3.8) is 0 Å². The van der Waals surface area contributed by atoms with Crippen molar-refractivity contribution in [3.05, 3.63) is 36.7 Å². The number of nitrogens with one attached hydrogen (secondary N) is 2.